The average molecular weight is 305 g/mol. The number of nitrogens with zero attached hydrogens (tertiary/aromatic N) is 1. The van der Waals surface area contributed by atoms with Crippen LogP contribution in [0, 0.1) is 13.8 Å². The molecule has 1 heterocycles. The number of aromatic nitrogens is 1. The van der Waals surface area contributed by atoms with Gasteiger partial charge in [0.2, 0.25) is 0 Å². The lowest BCUT2D eigenvalue weighted by Gasteiger charge is -2.11. The molecule has 2 aromatic carbocycles. The van der Waals surface area contributed by atoms with E-state index >= 15 is 0 Å². The highest BCUT2D eigenvalue weighted by Gasteiger charge is 2.09. The van der Waals surface area contributed by atoms with Gasteiger partial charge in [-0.05, 0) is 43.9 Å². The van der Waals surface area contributed by atoms with Crippen LogP contribution >= 0.6 is 11.8 Å². The van der Waals surface area contributed by atoms with Crippen LogP contribution in [0.4, 0.5) is 0 Å². The van der Waals surface area contributed by atoms with E-state index in [2.05, 4.69) is 73.6 Å². The lowest BCUT2D eigenvalue weighted by Crippen LogP contribution is -1.90. The predicted octanol–water partition coefficient (Wildman–Crippen LogP) is 5.75. The molecule has 1 nitrogen and oxygen atoms in total. The van der Waals surface area contributed by atoms with Crippen molar-refractivity contribution in [1.29, 1.82) is 0 Å². The van der Waals surface area contributed by atoms with Crippen LogP contribution in [0.5, 0.6) is 0 Å². The molecule has 0 N–H and O–H groups in total. The van der Waals surface area contributed by atoms with Crippen molar-refractivity contribution >= 4 is 11.8 Å². The molecule has 0 atom stereocenters. The molecule has 3 rings (SSSR count). The van der Waals surface area contributed by atoms with Crippen LogP contribution in [0.3, 0.4) is 0 Å². The van der Waals surface area contributed by atoms with Crippen LogP contribution in [0.25, 0.3) is 22.4 Å². The normalized spacial score (nSPS) is 10.7. The predicted molar refractivity (Wildman–Crippen MR) is 96.4 cm³/mol. The zero-order chi connectivity index (χ0) is 15.5. The van der Waals surface area contributed by atoms with Crippen molar-refractivity contribution in [3.05, 3.63) is 71.9 Å². The second kappa shape index (κ2) is 6.37. The monoisotopic (exact) mass is 305 g/mol. The summed E-state index contributed by atoms with van der Waals surface area (Å²) in [5.41, 5.74) is 7.18. The van der Waals surface area contributed by atoms with Gasteiger partial charge in [0.25, 0.3) is 0 Å². The fourth-order valence-corrected chi connectivity index (χ4v) is 3.16. The molecule has 0 bridgehead atoms. The molecule has 0 radical (unpaired) electrons. The standard InChI is InChI=1S/C20H19NS/c1-14-11-15(2)13-17(12-14)19-5-4-10-21-20(19)16-6-8-18(22-3)9-7-16/h4-13H,1-3H3. The highest BCUT2D eigenvalue weighted by molar-refractivity contribution is 7.98. The molecular formula is C20H19NS. The van der Waals surface area contributed by atoms with Crippen LogP contribution in [-0.4, -0.2) is 11.2 Å². The van der Waals surface area contributed by atoms with Gasteiger partial charge in [0.1, 0.15) is 0 Å². The number of rotatable bonds is 3. The minimum absolute atomic E-state index is 1.04. The van der Waals surface area contributed by atoms with E-state index in [1.54, 1.807) is 11.8 Å². The molecular weight excluding hydrogens is 286 g/mol. The van der Waals surface area contributed by atoms with Crippen LogP contribution in [0.2, 0.25) is 0 Å². The molecule has 0 aliphatic carbocycles. The first-order valence-corrected chi connectivity index (χ1v) is 8.58. The molecule has 0 unspecified atom stereocenters. The van der Waals surface area contributed by atoms with Gasteiger partial charge in [0.05, 0.1) is 5.69 Å². The van der Waals surface area contributed by atoms with Crippen molar-refractivity contribution in [3.63, 3.8) is 0 Å². The van der Waals surface area contributed by atoms with Crippen molar-refractivity contribution in [2.45, 2.75) is 18.7 Å². The van der Waals surface area contributed by atoms with E-state index in [1.807, 2.05) is 12.3 Å². The second-order valence-electron chi connectivity index (χ2n) is 5.50. The fraction of sp³-hybridized carbons (Fsp3) is 0.150. The van der Waals surface area contributed by atoms with Crippen molar-refractivity contribution in [2.75, 3.05) is 6.26 Å². The molecule has 0 fully saturated rings. The van der Waals surface area contributed by atoms with Gasteiger partial charge in [-0.3, -0.25) is 4.98 Å². The number of pyridine rings is 1. The van der Waals surface area contributed by atoms with Gasteiger partial charge in [-0.15, -0.1) is 11.8 Å². The Balaban J connectivity index is 2.13. The van der Waals surface area contributed by atoms with Gasteiger partial charge in [0.15, 0.2) is 0 Å². The van der Waals surface area contributed by atoms with E-state index in [1.165, 1.54) is 27.1 Å². The Hall–Kier alpha value is -2.06. The Bertz CT molecular complexity index is 771. The molecule has 0 saturated heterocycles. The smallest absolute Gasteiger partial charge is 0.0780 e. The van der Waals surface area contributed by atoms with E-state index in [0.717, 1.165) is 11.3 Å². The van der Waals surface area contributed by atoms with Crippen LogP contribution in [0.15, 0.2) is 65.7 Å². The number of benzene rings is 2. The zero-order valence-electron chi connectivity index (χ0n) is 13.1. The van der Waals surface area contributed by atoms with Gasteiger partial charge in [-0.25, -0.2) is 0 Å². The highest BCUT2D eigenvalue weighted by atomic mass is 32.2. The topological polar surface area (TPSA) is 12.9 Å². The molecule has 0 amide bonds. The average Bonchev–Trinajstić information content (AvgIpc) is 2.54. The van der Waals surface area contributed by atoms with Crippen molar-refractivity contribution < 1.29 is 0 Å². The molecule has 2 heteroatoms. The zero-order valence-corrected chi connectivity index (χ0v) is 13.9. The minimum Gasteiger partial charge on any atom is -0.256 e. The lowest BCUT2D eigenvalue weighted by molar-refractivity contribution is 1.31. The van der Waals surface area contributed by atoms with E-state index < -0.39 is 0 Å². The maximum Gasteiger partial charge on any atom is 0.0780 e. The molecule has 0 saturated carbocycles. The van der Waals surface area contributed by atoms with Crippen molar-refractivity contribution in [1.82, 2.24) is 4.98 Å². The van der Waals surface area contributed by atoms with Crippen molar-refractivity contribution in [3.8, 4) is 22.4 Å². The third-order valence-corrected chi connectivity index (χ3v) is 4.45. The van der Waals surface area contributed by atoms with Crippen molar-refractivity contribution in [2.24, 2.45) is 0 Å². The Morgan fingerprint density at radius 1 is 0.818 bits per heavy atom. The molecule has 22 heavy (non-hydrogen) atoms. The Morgan fingerprint density at radius 2 is 1.50 bits per heavy atom. The minimum atomic E-state index is 1.04. The third kappa shape index (κ3) is 3.07. The molecule has 110 valence electrons. The summed E-state index contributed by atoms with van der Waals surface area (Å²) in [5, 5.41) is 0. The molecule has 0 aliphatic rings. The first kappa shape index (κ1) is 14.9. The van der Waals surface area contributed by atoms with Gasteiger partial charge >= 0.3 is 0 Å². The van der Waals surface area contributed by atoms with Gasteiger partial charge < -0.3 is 0 Å². The summed E-state index contributed by atoms with van der Waals surface area (Å²) < 4.78 is 0. The highest BCUT2D eigenvalue weighted by Crippen LogP contribution is 2.32. The third-order valence-electron chi connectivity index (χ3n) is 3.70. The number of hydrogen-bond acceptors (Lipinski definition) is 2. The van der Waals surface area contributed by atoms with Gasteiger partial charge in [0, 0.05) is 22.2 Å². The van der Waals surface area contributed by atoms with Crippen LogP contribution in [0.1, 0.15) is 11.1 Å². The number of thioether (sulfide) groups is 1. The summed E-state index contributed by atoms with van der Waals surface area (Å²) in [6.45, 7) is 4.28. The summed E-state index contributed by atoms with van der Waals surface area (Å²) in [6.07, 6.45) is 3.96. The quantitative estimate of drug-likeness (QED) is 0.571. The van der Waals surface area contributed by atoms with E-state index in [0.29, 0.717) is 0 Å². The summed E-state index contributed by atoms with van der Waals surface area (Å²) in [5.74, 6) is 0. The maximum atomic E-state index is 4.63. The van der Waals surface area contributed by atoms with Gasteiger partial charge in [-0.1, -0.05) is 47.5 Å². The number of aryl methyl sites for hydroxylation is 2. The van der Waals surface area contributed by atoms with E-state index in [9.17, 15) is 0 Å². The van der Waals surface area contributed by atoms with Crippen LogP contribution in [-0.2, 0) is 0 Å². The van der Waals surface area contributed by atoms with Crippen LogP contribution < -0.4 is 0 Å². The summed E-state index contributed by atoms with van der Waals surface area (Å²) in [6, 6.07) is 19.4. The SMILES string of the molecule is CSc1ccc(-c2ncccc2-c2cc(C)cc(C)c2)cc1. The molecule has 0 aliphatic heterocycles. The second-order valence-corrected chi connectivity index (χ2v) is 6.38. The van der Waals surface area contributed by atoms with E-state index in [4.69, 9.17) is 0 Å². The largest absolute Gasteiger partial charge is 0.256 e. The molecule has 1 aromatic heterocycles. The summed E-state index contributed by atoms with van der Waals surface area (Å²) in [4.78, 5) is 5.90. The van der Waals surface area contributed by atoms with E-state index in [-0.39, 0.29) is 0 Å². The Labute approximate surface area is 136 Å². The first-order valence-electron chi connectivity index (χ1n) is 7.35. The fourth-order valence-electron chi connectivity index (χ4n) is 2.75. The summed E-state index contributed by atoms with van der Waals surface area (Å²) >= 11 is 1.76. The van der Waals surface area contributed by atoms with Gasteiger partial charge in [-0.2, -0.15) is 0 Å². The first-order chi connectivity index (χ1) is 10.7. The Morgan fingerprint density at radius 3 is 2.14 bits per heavy atom. The number of hydrogen-bond donors (Lipinski definition) is 0. The molecule has 3 aromatic rings. The summed E-state index contributed by atoms with van der Waals surface area (Å²) in [7, 11) is 0. The lowest BCUT2D eigenvalue weighted by atomic mass is 9.96. The maximum absolute atomic E-state index is 4.63. The molecule has 0 spiro atoms. The Kier molecular flexibility index (Phi) is 4.30.